The van der Waals surface area contributed by atoms with Crippen LogP contribution in [0.1, 0.15) is 17.0 Å². The molecule has 1 aromatic heterocycles. The third-order valence-electron chi connectivity index (χ3n) is 5.83. The Hall–Kier alpha value is -3.99. The van der Waals surface area contributed by atoms with Crippen LogP contribution in [0.25, 0.3) is 11.0 Å². The number of alkyl halides is 3. The highest BCUT2D eigenvalue weighted by Gasteiger charge is 2.30. The number of hydrogen-bond acceptors (Lipinski definition) is 6. The second kappa shape index (κ2) is 9.81. The molecule has 2 amide bonds. The molecule has 0 atom stereocenters. The fourth-order valence-corrected chi connectivity index (χ4v) is 4.54. The van der Waals surface area contributed by atoms with Gasteiger partial charge in [-0.3, -0.25) is 14.5 Å². The van der Waals surface area contributed by atoms with Crippen LogP contribution in [0.15, 0.2) is 66.7 Å². The normalized spacial score (nSPS) is 14.0. The number of carbonyl (C=O) groups is 2. The monoisotopic (exact) mass is 527 g/mol. The van der Waals surface area contributed by atoms with E-state index in [-0.39, 0.29) is 30.1 Å². The summed E-state index contributed by atoms with van der Waals surface area (Å²) in [6.45, 7) is 0.423. The second-order valence-corrected chi connectivity index (χ2v) is 9.26. The lowest BCUT2D eigenvalue weighted by Gasteiger charge is -2.13. The summed E-state index contributed by atoms with van der Waals surface area (Å²) in [5, 5.41) is -0.236. The zero-order valence-corrected chi connectivity index (χ0v) is 20.3. The number of imidazole rings is 1. The van der Waals surface area contributed by atoms with E-state index in [9.17, 15) is 22.8 Å². The first-order chi connectivity index (χ1) is 17.7. The van der Waals surface area contributed by atoms with Gasteiger partial charge in [0.2, 0.25) is 5.91 Å². The number of hydrogen-bond donors (Lipinski definition) is 0. The number of halogens is 3. The van der Waals surface area contributed by atoms with Gasteiger partial charge in [0.1, 0.15) is 29.7 Å². The van der Waals surface area contributed by atoms with E-state index in [0.717, 1.165) is 35.0 Å². The zero-order chi connectivity index (χ0) is 26.2. The minimum Gasteiger partial charge on any atom is -0.486 e. The first kappa shape index (κ1) is 24.7. The Balaban J connectivity index is 1.24. The van der Waals surface area contributed by atoms with E-state index in [1.54, 1.807) is 42.5 Å². The number of carbonyl (C=O) groups excluding carboxylic acids is 2. The number of thioether (sulfide) groups is 1. The maximum Gasteiger partial charge on any atom is 0.416 e. The first-order valence-corrected chi connectivity index (χ1v) is 12.2. The number of imide groups is 1. The van der Waals surface area contributed by atoms with E-state index in [1.165, 1.54) is 17.0 Å². The van der Waals surface area contributed by atoms with Crippen molar-refractivity contribution in [1.29, 1.82) is 0 Å². The van der Waals surface area contributed by atoms with E-state index in [4.69, 9.17) is 9.47 Å². The molecule has 0 aliphatic carbocycles. The summed E-state index contributed by atoms with van der Waals surface area (Å²) >= 11 is 1.01. The predicted molar refractivity (Wildman–Crippen MR) is 131 cm³/mol. The lowest BCUT2D eigenvalue weighted by molar-refractivity contribution is -0.137. The minimum absolute atomic E-state index is 0.181. The van der Waals surface area contributed by atoms with Gasteiger partial charge >= 0.3 is 6.18 Å². The third-order valence-corrected chi connectivity index (χ3v) is 6.69. The molecule has 37 heavy (non-hydrogen) atoms. The molecule has 7 nitrogen and oxygen atoms in total. The lowest BCUT2D eigenvalue weighted by Crippen LogP contribution is -2.27. The smallest absolute Gasteiger partial charge is 0.416 e. The summed E-state index contributed by atoms with van der Waals surface area (Å²) < 4.78 is 51.8. The minimum atomic E-state index is -4.40. The molecule has 1 fully saturated rings. The summed E-state index contributed by atoms with van der Waals surface area (Å²) in [6, 6.07) is 16.9. The summed E-state index contributed by atoms with van der Waals surface area (Å²) in [7, 11) is 1.83. The molecule has 1 aliphatic rings. The van der Waals surface area contributed by atoms with Crippen LogP contribution < -0.4 is 9.47 Å². The number of ether oxygens (including phenoxy) is 2. The summed E-state index contributed by atoms with van der Waals surface area (Å²) in [5.74, 6) is 2.02. The highest BCUT2D eigenvalue weighted by Crippen LogP contribution is 2.32. The molecule has 0 unspecified atom stereocenters. The van der Waals surface area contributed by atoms with Gasteiger partial charge in [-0.2, -0.15) is 13.2 Å². The first-order valence-electron chi connectivity index (χ1n) is 11.2. The molecule has 190 valence electrons. The van der Waals surface area contributed by atoms with Gasteiger partial charge in [0.15, 0.2) is 0 Å². The maximum atomic E-state index is 12.8. The SMILES string of the molecule is Cn1c(COc2ccc(CN3C(=O)CSC3=O)cc2)nc2ccc(Oc3ccc(C(F)(F)F)cc3)cc21. The van der Waals surface area contributed by atoms with Gasteiger partial charge in [0, 0.05) is 13.1 Å². The van der Waals surface area contributed by atoms with Crippen LogP contribution in [0.2, 0.25) is 0 Å². The fraction of sp³-hybridized carbons (Fsp3) is 0.192. The van der Waals surface area contributed by atoms with Crippen molar-refractivity contribution >= 4 is 33.9 Å². The predicted octanol–water partition coefficient (Wildman–Crippen LogP) is 6.16. The highest BCUT2D eigenvalue weighted by atomic mass is 32.2. The standard InChI is InChI=1S/C26H20F3N3O4S/c1-31-22-12-20(36-19-8-4-17(5-9-19)26(27,28)29)10-11-21(22)30-23(31)14-35-18-6-2-16(3-7-18)13-32-24(33)15-37-25(32)34/h2-12H,13-15H2,1H3. The van der Waals surface area contributed by atoms with E-state index in [2.05, 4.69) is 4.98 Å². The van der Waals surface area contributed by atoms with Crippen molar-refractivity contribution in [2.45, 2.75) is 19.3 Å². The van der Waals surface area contributed by atoms with Crippen LogP contribution in [0.5, 0.6) is 17.2 Å². The van der Waals surface area contributed by atoms with Gasteiger partial charge in [-0.15, -0.1) is 0 Å². The van der Waals surface area contributed by atoms with Crippen molar-refractivity contribution in [2.24, 2.45) is 7.05 Å². The Kier molecular flexibility index (Phi) is 6.55. The van der Waals surface area contributed by atoms with Crippen molar-refractivity contribution in [3.8, 4) is 17.2 Å². The van der Waals surface area contributed by atoms with E-state index < -0.39 is 11.7 Å². The summed E-state index contributed by atoms with van der Waals surface area (Å²) in [6.07, 6.45) is -4.40. The largest absolute Gasteiger partial charge is 0.486 e. The van der Waals surface area contributed by atoms with E-state index in [0.29, 0.717) is 28.6 Å². The molecule has 0 saturated carbocycles. The van der Waals surface area contributed by atoms with Gasteiger partial charge < -0.3 is 14.0 Å². The van der Waals surface area contributed by atoms with E-state index >= 15 is 0 Å². The van der Waals surface area contributed by atoms with Crippen molar-refractivity contribution in [3.63, 3.8) is 0 Å². The fourth-order valence-electron chi connectivity index (χ4n) is 3.82. The Morgan fingerprint density at radius 1 is 0.946 bits per heavy atom. The quantitative estimate of drug-likeness (QED) is 0.287. The van der Waals surface area contributed by atoms with Crippen molar-refractivity contribution in [2.75, 3.05) is 5.75 Å². The average Bonchev–Trinajstić information content (AvgIpc) is 3.36. The van der Waals surface area contributed by atoms with Crippen LogP contribution in [0.3, 0.4) is 0 Å². The summed E-state index contributed by atoms with van der Waals surface area (Å²) in [4.78, 5) is 29.4. The lowest BCUT2D eigenvalue weighted by atomic mass is 10.2. The van der Waals surface area contributed by atoms with Gasteiger partial charge in [0.25, 0.3) is 5.24 Å². The number of rotatable bonds is 7. The zero-order valence-electron chi connectivity index (χ0n) is 19.5. The van der Waals surface area contributed by atoms with Crippen LogP contribution in [-0.4, -0.2) is 31.4 Å². The molecule has 2 heterocycles. The average molecular weight is 528 g/mol. The number of aryl methyl sites for hydroxylation is 1. The molecule has 0 N–H and O–H groups in total. The molecule has 4 aromatic rings. The second-order valence-electron chi connectivity index (χ2n) is 8.33. The Morgan fingerprint density at radius 3 is 2.27 bits per heavy atom. The number of nitrogens with zero attached hydrogens (tertiary/aromatic N) is 3. The summed E-state index contributed by atoms with van der Waals surface area (Å²) in [5.41, 5.74) is 1.57. The van der Waals surface area contributed by atoms with Gasteiger partial charge in [0.05, 0.1) is 28.9 Å². The molecular formula is C26H20F3N3O4S. The van der Waals surface area contributed by atoms with Gasteiger partial charge in [-0.05, 0) is 54.1 Å². The van der Waals surface area contributed by atoms with E-state index in [1.807, 2.05) is 11.6 Å². The Labute approximate surface area is 213 Å². The molecule has 1 aliphatic heterocycles. The molecule has 11 heteroatoms. The third kappa shape index (κ3) is 5.41. The molecular weight excluding hydrogens is 507 g/mol. The number of fused-ring (bicyclic) bond motifs is 1. The van der Waals surface area contributed by atoms with Crippen LogP contribution in [-0.2, 0) is 31.2 Å². The number of aromatic nitrogens is 2. The maximum absolute atomic E-state index is 12.8. The van der Waals surface area contributed by atoms with Crippen LogP contribution >= 0.6 is 11.8 Å². The molecule has 1 saturated heterocycles. The topological polar surface area (TPSA) is 73.7 Å². The van der Waals surface area contributed by atoms with Crippen LogP contribution in [0, 0.1) is 0 Å². The molecule has 0 spiro atoms. The van der Waals surface area contributed by atoms with Crippen LogP contribution in [0.4, 0.5) is 18.0 Å². The Bertz CT molecular complexity index is 1450. The molecule has 0 radical (unpaired) electrons. The van der Waals surface area contributed by atoms with Gasteiger partial charge in [-0.1, -0.05) is 23.9 Å². The van der Waals surface area contributed by atoms with Gasteiger partial charge in [-0.25, -0.2) is 4.98 Å². The van der Waals surface area contributed by atoms with Crippen molar-refractivity contribution in [1.82, 2.24) is 14.5 Å². The van der Waals surface area contributed by atoms with Crippen molar-refractivity contribution in [3.05, 3.63) is 83.7 Å². The number of benzene rings is 3. The molecule has 5 rings (SSSR count). The molecule has 3 aromatic carbocycles. The number of amides is 2. The molecule has 0 bridgehead atoms. The van der Waals surface area contributed by atoms with Crippen molar-refractivity contribution < 1.29 is 32.2 Å². The Morgan fingerprint density at radius 2 is 1.62 bits per heavy atom. The highest BCUT2D eigenvalue weighted by molar-refractivity contribution is 8.14.